The van der Waals surface area contributed by atoms with E-state index in [9.17, 15) is 9.18 Å². The van der Waals surface area contributed by atoms with Crippen LogP contribution in [0.25, 0.3) is 21.5 Å². The van der Waals surface area contributed by atoms with Gasteiger partial charge in [0.1, 0.15) is 11.9 Å². The average molecular weight is 410 g/mol. The molecular weight excluding hydrogens is 391 g/mol. The molecule has 148 valence electrons. The fraction of sp³-hybridized carbons (Fsp3) is 0.238. The molecule has 0 bridgehead atoms. The topological polar surface area (TPSA) is 80.9 Å². The summed E-state index contributed by atoms with van der Waals surface area (Å²) in [5.74, 6) is 0.156. The summed E-state index contributed by atoms with van der Waals surface area (Å²) in [7, 11) is 0. The van der Waals surface area contributed by atoms with E-state index in [4.69, 9.17) is 4.52 Å². The van der Waals surface area contributed by atoms with E-state index >= 15 is 0 Å². The van der Waals surface area contributed by atoms with Crippen molar-refractivity contribution in [2.24, 2.45) is 5.92 Å². The summed E-state index contributed by atoms with van der Waals surface area (Å²) in [6, 6.07) is 7.95. The molecule has 3 aromatic heterocycles. The standard InChI is InChI=1S/C21H19FN4O2S/c1-11(2)17(21-25-19(26-28-21)13-7-9-23-10-8-13)24-20(27)18-12(3)16-14(22)5-4-6-15(16)29-18/h4-11,17H,1-3H3,(H,24,27)/t17-/m0/s1. The lowest BCUT2D eigenvalue weighted by Gasteiger charge is -2.18. The van der Waals surface area contributed by atoms with Crippen LogP contribution in [0.3, 0.4) is 0 Å². The molecule has 1 amide bonds. The number of pyridine rings is 1. The Morgan fingerprint density at radius 2 is 1.97 bits per heavy atom. The van der Waals surface area contributed by atoms with Gasteiger partial charge in [-0.1, -0.05) is 25.1 Å². The molecule has 0 aliphatic carbocycles. The molecule has 0 radical (unpaired) electrons. The Bertz CT molecular complexity index is 1170. The Balaban J connectivity index is 1.63. The predicted octanol–water partition coefficient (Wildman–Crippen LogP) is 4.92. The molecule has 0 spiro atoms. The van der Waals surface area contributed by atoms with Crippen LogP contribution in [0.4, 0.5) is 4.39 Å². The number of halogens is 1. The van der Waals surface area contributed by atoms with E-state index < -0.39 is 6.04 Å². The summed E-state index contributed by atoms with van der Waals surface area (Å²) in [4.78, 5) is 21.9. The monoisotopic (exact) mass is 410 g/mol. The quantitative estimate of drug-likeness (QED) is 0.505. The number of nitrogens with zero attached hydrogens (tertiary/aromatic N) is 3. The van der Waals surface area contributed by atoms with E-state index in [1.165, 1.54) is 17.4 Å². The maximum atomic E-state index is 14.2. The Morgan fingerprint density at radius 3 is 2.66 bits per heavy atom. The molecule has 8 heteroatoms. The third-order valence-electron chi connectivity index (χ3n) is 4.71. The third kappa shape index (κ3) is 3.63. The van der Waals surface area contributed by atoms with Gasteiger partial charge in [-0.3, -0.25) is 9.78 Å². The van der Waals surface area contributed by atoms with Crippen LogP contribution in [-0.2, 0) is 0 Å². The summed E-state index contributed by atoms with van der Waals surface area (Å²) in [6.45, 7) is 5.67. The van der Waals surface area contributed by atoms with Crippen LogP contribution in [0.15, 0.2) is 47.2 Å². The van der Waals surface area contributed by atoms with Gasteiger partial charge in [0.15, 0.2) is 0 Å². The van der Waals surface area contributed by atoms with E-state index in [0.29, 0.717) is 27.5 Å². The van der Waals surface area contributed by atoms with Crippen LogP contribution >= 0.6 is 11.3 Å². The van der Waals surface area contributed by atoms with Gasteiger partial charge < -0.3 is 9.84 Å². The Kier molecular flexibility index (Phi) is 5.10. The van der Waals surface area contributed by atoms with Gasteiger partial charge in [0.05, 0.1) is 4.88 Å². The summed E-state index contributed by atoms with van der Waals surface area (Å²) in [5.41, 5.74) is 1.41. The molecule has 4 rings (SSSR count). The fourth-order valence-corrected chi connectivity index (χ4v) is 4.30. The molecule has 0 fully saturated rings. The molecular formula is C21H19FN4O2S. The predicted molar refractivity (Wildman–Crippen MR) is 109 cm³/mol. The van der Waals surface area contributed by atoms with Gasteiger partial charge in [-0.15, -0.1) is 11.3 Å². The molecule has 0 saturated heterocycles. The molecule has 0 aliphatic heterocycles. The minimum absolute atomic E-state index is 0.0103. The number of thiophene rings is 1. The Labute approximate surface area is 170 Å². The number of carbonyl (C=O) groups is 1. The zero-order valence-electron chi connectivity index (χ0n) is 16.1. The number of nitrogens with one attached hydrogen (secondary N) is 1. The minimum atomic E-state index is -0.472. The van der Waals surface area contributed by atoms with Crippen molar-refractivity contribution >= 4 is 27.3 Å². The van der Waals surface area contributed by atoms with Gasteiger partial charge in [-0.05, 0) is 42.7 Å². The SMILES string of the molecule is Cc1c(C(=O)N[C@H](c2nc(-c3ccncc3)no2)C(C)C)sc2cccc(F)c12. The van der Waals surface area contributed by atoms with E-state index in [2.05, 4.69) is 20.4 Å². The van der Waals surface area contributed by atoms with Crippen LogP contribution in [0.1, 0.15) is 41.0 Å². The van der Waals surface area contributed by atoms with Crippen LogP contribution < -0.4 is 5.32 Å². The Hall–Kier alpha value is -3.13. The van der Waals surface area contributed by atoms with E-state index in [-0.39, 0.29) is 17.6 Å². The lowest BCUT2D eigenvalue weighted by atomic mass is 10.0. The van der Waals surface area contributed by atoms with Gasteiger partial charge in [-0.25, -0.2) is 4.39 Å². The summed E-state index contributed by atoms with van der Waals surface area (Å²) < 4.78 is 20.4. The van der Waals surface area contributed by atoms with Gasteiger partial charge in [0.25, 0.3) is 5.91 Å². The largest absolute Gasteiger partial charge is 0.339 e. The van der Waals surface area contributed by atoms with Crippen LogP contribution in [0.5, 0.6) is 0 Å². The van der Waals surface area contributed by atoms with Crippen molar-refractivity contribution in [1.29, 1.82) is 0 Å². The lowest BCUT2D eigenvalue weighted by Crippen LogP contribution is -2.31. The normalized spacial score (nSPS) is 12.4. The number of rotatable bonds is 5. The van der Waals surface area contributed by atoms with Crippen molar-refractivity contribution < 1.29 is 13.7 Å². The molecule has 29 heavy (non-hydrogen) atoms. The molecule has 1 aromatic carbocycles. The van der Waals surface area contributed by atoms with Gasteiger partial charge >= 0.3 is 0 Å². The second-order valence-corrected chi connectivity index (χ2v) is 8.11. The minimum Gasteiger partial charge on any atom is -0.339 e. The number of fused-ring (bicyclic) bond motifs is 1. The van der Waals surface area contributed by atoms with Crippen LogP contribution in [0.2, 0.25) is 0 Å². The highest BCUT2D eigenvalue weighted by Gasteiger charge is 2.27. The van der Waals surface area contributed by atoms with Crippen LogP contribution in [-0.4, -0.2) is 21.0 Å². The van der Waals surface area contributed by atoms with Crippen molar-refractivity contribution in [3.63, 3.8) is 0 Å². The highest BCUT2D eigenvalue weighted by Crippen LogP contribution is 2.33. The molecule has 4 aromatic rings. The Morgan fingerprint density at radius 1 is 1.21 bits per heavy atom. The van der Waals surface area contributed by atoms with E-state index in [0.717, 1.165) is 10.3 Å². The maximum Gasteiger partial charge on any atom is 0.262 e. The van der Waals surface area contributed by atoms with E-state index in [1.807, 2.05) is 19.9 Å². The first-order valence-electron chi connectivity index (χ1n) is 9.18. The third-order valence-corrected chi connectivity index (χ3v) is 5.96. The number of aryl methyl sites for hydroxylation is 1. The molecule has 0 aliphatic rings. The molecule has 1 atom stereocenters. The van der Waals surface area contributed by atoms with Crippen molar-refractivity contribution in [3.05, 3.63) is 64.9 Å². The zero-order chi connectivity index (χ0) is 20.5. The number of aromatic nitrogens is 3. The van der Waals surface area contributed by atoms with Gasteiger partial charge in [-0.2, -0.15) is 4.98 Å². The van der Waals surface area contributed by atoms with Crippen molar-refractivity contribution in [3.8, 4) is 11.4 Å². The first-order valence-corrected chi connectivity index (χ1v) is 10.00. The second-order valence-electron chi connectivity index (χ2n) is 7.06. The number of hydrogen-bond donors (Lipinski definition) is 1. The first kappa shape index (κ1) is 19.2. The van der Waals surface area contributed by atoms with Gasteiger partial charge in [0, 0.05) is 28.0 Å². The highest BCUT2D eigenvalue weighted by atomic mass is 32.1. The summed E-state index contributed by atoms with van der Waals surface area (Å²) >= 11 is 1.27. The van der Waals surface area contributed by atoms with E-state index in [1.54, 1.807) is 37.5 Å². The average Bonchev–Trinajstić information content (AvgIpc) is 3.32. The number of amides is 1. The smallest absolute Gasteiger partial charge is 0.262 e. The number of hydrogen-bond acceptors (Lipinski definition) is 6. The van der Waals surface area contributed by atoms with Crippen molar-refractivity contribution in [2.75, 3.05) is 0 Å². The van der Waals surface area contributed by atoms with Crippen LogP contribution in [0, 0.1) is 18.7 Å². The fourth-order valence-electron chi connectivity index (χ4n) is 3.17. The lowest BCUT2D eigenvalue weighted by molar-refractivity contribution is 0.0917. The molecule has 3 heterocycles. The van der Waals surface area contributed by atoms with Crippen molar-refractivity contribution in [2.45, 2.75) is 26.8 Å². The molecule has 1 N–H and O–H groups in total. The number of carbonyl (C=O) groups excluding carboxylic acids is 1. The molecule has 0 unspecified atom stereocenters. The summed E-state index contributed by atoms with van der Waals surface area (Å²) in [6.07, 6.45) is 3.30. The number of benzene rings is 1. The molecule has 0 saturated carbocycles. The maximum absolute atomic E-state index is 14.2. The highest BCUT2D eigenvalue weighted by molar-refractivity contribution is 7.21. The van der Waals surface area contributed by atoms with Crippen molar-refractivity contribution in [1.82, 2.24) is 20.4 Å². The first-order chi connectivity index (χ1) is 14.0. The zero-order valence-corrected chi connectivity index (χ0v) is 17.0. The molecule has 6 nitrogen and oxygen atoms in total. The summed E-state index contributed by atoms with van der Waals surface area (Å²) in [5, 5.41) is 7.48. The second kappa shape index (κ2) is 7.71. The van der Waals surface area contributed by atoms with Gasteiger partial charge in [0.2, 0.25) is 11.7 Å².